The van der Waals surface area contributed by atoms with Crippen molar-refractivity contribution in [2.75, 3.05) is 0 Å². The van der Waals surface area contributed by atoms with Gasteiger partial charge in [0.1, 0.15) is 5.75 Å². The van der Waals surface area contributed by atoms with E-state index in [1.54, 1.807) is 0 Å². The Morgan fingerprint density at radius 2 is 1.89 bits per heavy atom. The number of nitrogens with two attached hydrogens (primary N) is 1. The number of hydrogen-bond acceptors (Lipinski definition) is 3. The van der Waals surface area contributed by atoms with Crippen molar-refractivity contribution in [2.45, 2.75) is 64.3 Å². The molecule has 19 heavy (non-hydrogen) atoms. The average molecular weight is 262 g/mol. The maximum Gasteiger partial charge on any atom is 0.119 e. The van der Waals surface area contributed by atoms with Crippen molar-refractivity contribution in [3.63, 3.8) is 0 Å². The fraction of sp³-hybridized carbons (Fsp3) is 0.625. The Kier molecular flexibility index (Phi) is 5.23. The van der Waals surface area contributed by atoms with E-state index in [0.29, 0.717) is 12.1 Å². The smallest absolute Gasteiger partial charge is 0.119 e. The SMILES string of the molecule is CC(C)Oc1ccc(CNC2CCCCC2N)cc1. The van der Waals surface area contributed by atoms with E-state index in [2.05, 4.69) is 17.4 Å². The van der Waals surface area contributed by atoms with Crippen LogP contribution in [0.25, 0.3) is 0 Å². The van der Waals surface area contributed by atoms with Crippen LogP contribution in [-0.2, 0) is 6.54 Å². The standard InChI is InChI=1S/C16H26N2O/c1-12(2)19-14-9-7-13(8-10-14)11-18-16-6-4-3-5-15(16)17/h7-10,12,15-16,18H,3-6,11,17H2,1-2H3. The van der Waals surface area contributed by atoms with Gasteiger partial charge in [-0.3, -0.25) is 0 Å². The maximum absolute atomic E-state index is 6.14. The quantitative estimate of drug-likeness (QED) is 0.858. The van der Waals surface area contributed by atoms with Gasteiger partial charge in [-0.05, 0) is 44.4 Å². The molecular formula is C16H26N2O. The predicted octanol–water partition coefficient (Wildman–Crippen LogP) is 2.83. The third-order valence-corrected chi connectivity index (χ3v) is 3.68. The average Bonchev–Trinajstić information content (AvgIpc) is 2.39. The third kappa shape index (κ3) is 4.51. The first-order valence-corrected chi connectivity index (χ1v) is 7.39. The van der Waals surface area contributed by atoms with Gasteiger partial charge < -0.3 is 15.8 Å². The maximum atomic E-state index is 6.14. The molecule has 1 aromatic rings. The van der Waals surface area contributed by atoms with Crippen LogP contribution in [-0.4, -0.2) is 18.2 Å². The van der Waals surface area contributed by atoms with Gasteiger partial charge in [-0.2, -0.15) is 0 Å². The molecular weight excluding hydrogens is 236 g/mol. The highest BCUT2D eigenvalue weighted by Gasteiger charge is 2.20. The second-order valence-electron chi connectivity index (χ2n) is 5.75. The molecule has 106 valence electrons. The van der Waals surface area contributed by atoms with Crippen LogP contribution in [0.15, 0.2) is 24.3 Å². The molecule has 1 aliphatic carbocycles. The van der Waals surface area contributed by atoms with Crippen molar-refractivity contribution in [1.29, 1.82) is 0 Å². The van der Waals surface area contributed by atoms with E-state index in [9.17, 15) is 0 Å². The Morgan fingerprint density at radius 1 is 1.21 bits per heavy atom. The summed E-state index contributed by atoms with van der Waals surface area (Å²) in [6.07, 6.45) is 5.16. The predicted molar refractivity (Wildman–Crippen MR) is 79.3 cm³/mol. The van der Waals surface area contributed by atoms with Crippen molar-refractivity contribution in [1.82, 2.24) is 5.32 Å². The summed E-state index contributed by atoms with van der Waals surface area (Å²) >= 11 is 0. The summed E-state index contributed by atoms with van der Waals surface area (Å²) in [5, 5.41) is 3.58. The third-order valence-electron chi connectivity index (χ3n) is 3.68. The molecule has 0 amide bonds. The minimum atomic E-state index is 0.226. The van der Waals surface area contributed by atoms with Crippen LogP contribution in [0.3, 0.4) is 0 Å². The van der Waals surface area contributed by atoms with Gasteiger partial charge in [-0.25, -0.2) is 0 Å². The Bertz CT molecular complexity index is 375. The molecule has 0 radical (unpaired) electrons. The number of rotatable bonds is 5. The highest BCUT2D eigenvalue weighted by Crippen LogP contribution is 2.18. The van der Waals surface area contributed by atoms with Crippen LogP contribution in [0.1, 0.15) is 45.1 Å². The molecule has 0 aliphatic heterocycles. The van der Waals surface area contributed by atoms with E-state index in [4.69, 9.17) is 10.5 Å². The molecule has 0 saturated heterocycles. The summed E-state index contributed by atoms with van der Waals surface area (Å²) in [5.74, 6) is 0.938. The van der Waals surface area contributed by atoms with Gasteiger partial charge in [0, 0.05) is 18.6 Å². The summed E-state index contributed by atoms with van der Waals surface area (Å²) in [6, 6.07) is 9.12. The van der Waals surface area contributed by atoms with Crippen molar-refractivity contribution >= 4 is 0 Å². The summed E-state index contributed by atoms with van der Waals surface area (Å²) in [6.45, 7) is 4.97. The van der Waals surface area contributed by atoms with Crippen LogP contribution >= 0.6 is 0 Å². The number of ether oxygens (including phenoxy) is 1. The summed E-state index contributed by atoms with van der Waals surface area (Å²) in [7, 11) is 0. The van der Waals surface area contributed by atoms with Crippen molar-refractivity contribution in [2.24, 2.45) is 5.73 Å². The van der Waals surface area contributed by atoms with Gasteiger partial charge in [0.25, 0.3) is 0 Å². The Labute approximate surface area is 116 Å². The second kappa shape index (κ2) is 6.92. The molecule has 2 unspecified atom stereocenters. The van der Waals surface area contributed by atoms with Gasteiger partial charge >= 0.3 is 0 Å². The molecule has 2 rings (SSSR count). The van der Waals surface area contributed by atoms with Crippen LogP contribution in [0, 0.1) is 0 Å². The lowest BCUT2D eigenvalue weighted by Crippen LogP contribution is -2.46. The van der Waals surface area contributed by atoms with Crippen LogP contribution in [0.2, 0.25) is 0 Å². The highest BCUT2D eigenvalue weighted by molar-refractivity contribution is 5.27. The van der Waals surface area contributed by atoms with E-state index in [0.717, 1.165) is 18.7 Å². The summed E-state index contributed by atoms with van der Waals surface area (Å²) in [4.78, 5) is 0. The molecule has 3 heteroatoms. The lowest BCUT2D eigenvalue weighted by atomic mass is 9.91. The molecule has 1 fully saturated rings. The molecule has 0 spiro atoms. The van der Waals surface area contributed by atoms with E-state index < -0.39 is 0 Å². The van der Waals surface area contributed by atoms with Gasteiger partial charge in [0.15, 0.2) is 0 Å². The molecule has 1 aromatic carbocycles. The first kappa shape index (κ1) is 14.4. The first-order valence-electron chi connectivity index (χ1n) is 7.39. The normalized spacial score (nSPS) is 23.6. The Hall–Kier alpha value is -1.06. The lowest BCUT2D eigenvalue weighted by Gasteiger charge is -2.29. The minimum absolute atomic E-state index is 0.226. The zero-order valence-electron chi connectivity index (χ0n) is 12.1. The largest absolute Gasteiger partial charge is 0.491 e. The van der Waals surface area contributed by atoms with E-state index in [-0.39, 0.29) is 6.10 Å². The molecule has 3 nitrogen and oxygen atoms in total. The second-order valence-corrected chi connectivity index (χ2v) is 5.75. The molecule has 1 saturated carbocycles. The van der Waals surface area contributed by atoms with Crippen molar-refractivity contribution < 1.29 is 4.74 Å². The van der Waals surface area contributed by atoms with Crippen LogP contribution in [0.5, 0.6) is 5.75 Å². The van der Waals surface area contributed by atoms with E-state index >= 15 is 0 Å². The van der Waals surface area contributed by atoms with Crippen LogP contribution in [0.4, 0.5) is 0 Å². The molecule has 0 aromatic heterocycles. The summed E-state index contributed by atoms with van der Waals surface area (Å²) < 4.78 is 5.64. The van der Waals surface area contributed by atoms with E-state index in [1.165, 1.54) is 24.8 Å². The van der Waals surface area contributed by atoms with Crippen molar-refractivity contribution in [3.05, 3.63) is 29.8 Å². The zero-order chi connectivity index (χ0) is 13.7. The Morgan fingerprint density at radius 3 is 2.53 bits per heavy atom. The van der Waals surface area contributed by atoms with Gasteiger partial charge in [-0.15, -0.1) is 0 Å². The lowest BCUT2D eigenvalue weighted by molar-refractivity contribution is 0.242. The summed E-state index contributed by atoms with van der Waals surface area (Å²) in [5.41, 5.74) is 7.43. The minimum Gasteiger partial charge on any atom is -0.491 e. The molecule has 1 aliphatic rings. The molecule has 0 heterocycles. The number of hydrogen-bond donors (Lipinski definition) is 2. The van der Waals surface area contributed by atoms with Crippen molar-refractivity contribution in [3.8, 4) is 5.75 Å². The van der Waals surface area contributed by atoms with Crippen LogP contribution < -0.4 is 15.8 Å². The fourth-order valence-electron chi connectivity index (χ4n) is 2.62. The monoisotopic (exact) mass is 262 g/mol. The topological polar surface area (TPSA) is 47.3 Å². The Balaban J connectivity index is 1.82. The first-order chi connectivity index (χ1) is 9.15. The fourth-order valence-corrected chi connectivity index (χ4v) is 2.62. The molecule has 3 N–H and O–H groups in total. The number of nitrogens with one attached hydrogen (secondary N) is 1. The number of benzene rings is 1. The van der Waals surface area contributed by atoms with E-state index in [1.807, 2.05) is 26.0 Å². The van der Waals surface area contributed by atoms with Gasteiger partial charge in [0.2, 0.25) is 0 Å². The zero-order valence-corrected chi connectivity index (χ0v) is 12.1. The highest BCUT2D eigenvalue weighted by atomic mass is 16.5. The van der Waals surface area contributed by atoms with Gasteiger partial charge in [0.05, 0.1) is 6.10 Å². The van der Waals surface area contributed by atoms with Gasteiger partial charge in [-0.1, -0.05) is 25.0 Å². The molecule has 0 bridgehead atoms. The molecule has 2 atom stereocenters.